The van der Waals surface area contributed by atoms with Gasteiger partial charge in [0.25, 0.3) is 0 Å². The minimum atomic E-state index is -0.00596. The molecule has 0 bridgehead atoms. The molecule has 0 aliphatic carbocycles. The summed E-state index contributed by atoms with van der Waals surface area (Å²) in [6.45, 7) is 0.804. The highest BCUT2D eigenvalue weighted by molar-refractivity contribution is 9.09. The first kappa shape index (κ1) is 19.0. The van der Waals surface area contributed by atoms with Crippen molar-refractivity contribution >= 4 is 68.1 Å². The Hall–Kier alpha value is -0.290. The number of carbonyl (C=O) groups excluding carboxylic acids is 1. The number of hydrogen-bond acceptors (Lipinski definition) is 2. The lowest BCUT2D eigenvalue weighted by molar-refractivity contribution is 0.102. The van der Waals surface area contributed by atoms with E-state index in [1.807, 2.05) is 12.1 Å². The number of halogens is 5. The lowest BCUT2D eigenvalue weighted by Crippen LogP contribution is -1.98. The van der Waals surface area contributed by atoms with Gasteiger partial charge in [-0.05, 0) is 35.9 Å². The van der Waals surface area contributed by atoms with Crippen molar-refractivity contribution in [1.82, 2.24) is 0 Å². The van der Waals surface area contributed by atoms with Crippen LogP contribution in [0.5, 0.6) is 0 Å². The molecule has 1 heterocycles. The summed E-state index contributed by atoms with van der Waals surface area (Å²) in [6.07, 6.45) is 0.254. The summed E-state index contributed by atoms with van der Waals surface area (Å²) in [5.41, 5.74) is 1.68. The van der Waals surface area contributed by atoms with Gasteiger partial charge in [-0.2, -0.15) is 0 Å². The van der Waals surface area contributed by atoms with Gasteiger partial charge < -0.3 is 4.74 Å². The second kappa shape index (κ2) is 8.70. The Bertz CT molecular complexity index is 717. The normalized spacial score (nSPS) is 15.6. The van der Waals surface area contributed by atoms with Crippen LogP contribution in [0.4, 0.5) is 0 Å². The Morgan fingerprint density at radius 1 is 1.00 bits per heavy atom. The first-order chi connectivity index (χ1) is 10.9. The van der Waals surface area contributed by atoms with Crippen molar-refractivity contribution in [2.75, 3.05) is 11.9 Å². The minimum absolute atomic E-state index is 0.00596. The number of epoxide rings is 1. The average molecular weight is 457 g/mol. The molecule has 122 valence electrons. The van der Waals surface area contributed by atoms with E-state index in [0.29, 0.717) is 31.0 Å². The third-order valence-electron chi connectivity index (χ3n) is 3.01. The molecule has 0 radical (unpaired) electrons. The van der Waals surface area contributed by atoms with Crippen molar-refractivity contribution in [3.8, 4) is 0 Å². The number of hydrogen-bond donors (Lipinski definition) is 0. The second-order valence-electron chi connectivity index (χ2n) is 4.68. The Morgan fingerprint density at radius 2 is 1.57 bits per heavy atom. The molecule has 1 aliphatic heterocycles. The molecule has 1 aliphatic rings. The molecule has 2 aromatic rings. The van der Waals surface area contributed by atoms with Gasteiger partial charge >= 0.3 is 0 Å². The number of Topliss-reactive ketones (excluding diaryl/α,β-unsaturated/α-hetero) is 1. The number of ether oxygens (including phenoxy) is 1. The fraction of sp³-hybridized carbons (Fsp3) is 0.188. The zero-order valence-corrected chi connectivity index (χ0v) is 16.3. The maximum atomic E-state index is 11.1. The maximum Gasteiger partial charge on any atom is 0.173 e. The maximum absolute atomic E-state index is 11.1. The van der Waals surface area contributed by atoms with Crippen molar-refractivity contribution < 1.29 is 9.53 Å². The number of ketones is 1. The molecule has 2 aromatic carbocycles. The summed E-state index contributed by atoms with van der Waals surface area (Å²) < 4.78 is 5.09. The number of carbonyl (C=O) groups is 1. The highest BCUT2D eigenvalue weighted by Crippen LogP contribution is 2.33. The zero-order chi connectivity index (χ0) is 17.0. The number of alkyl halides is 1. The van der Waals surface area contributed by atoms with Gasteiger partial charge in [0.15, 0.2) is 5.78 Å². The van der Waals surface area contributed by atoms with Crippen molar-refractivity contribution in [2.45, 2.75) is 6.10 Å². The fourth-order valence-electron chi connectivity index (χ4n) is 1.70. The Morgan fingerprint density at radius 3 is 2.04 bits per heavy atom. The number of benzene rings is 2. The van der Waals surface area contributed by atoms with Crippen LogP contribution in [-0.4, -0.2) is 17.7 Å². The van der Waals surface area contributed by atoms with Crippen LogP contribution >= 0.6 is 62.3 Å². The molecule has 0 amide bonds. The molecule has 0 spiro atoms. The van der Waals surface area contributed by atoms with Crippen LogP contribution in [0, 0.1) is 0 Å². The first-order valence-corrected chi connectivity index (χ1v) is 9.16. The van der Waals surface area contributed by atoms with Gasteiger partial charge in [-0.1, -0.05) is 68.4 Å². The molecule has 1 fully saturated rings. The smallest absolute Gasteiger partial charge is 0.173 e. The average Bonchev–Trinajstić information content (AvgIpc) is 3.37. The molecule has 0 saturated carbocycles. The van der Waals surface area contributed by atoms with E-state index in [4.69, 9.17) is 51.1 Å². The first-order valence-electron chi connectivity index (χ1n) is 6.53. The van der Waals surface area contributed by atoms with Crippen molar-refractivity contribution in [2.24, 2.45) is 0 Å². The zero-order valence-electron chi connectivity index (χ0n) is 11.7. The van der Waals surface area contributed by atoms with Gasteiger partial charge in [-0.25, -0.2) is 0 Å². The van der Waals surface area contributed by atoms with Crippen LogP contribution in [-0.2, 0) is 4.74 Å². The van der Waals surface area contributed by atoms with Crippen LogP contribution in [0.25, 0.3) is 0 Å². The van der Waals surface area contributed by atoms with E-state index in [2.05, 4.69) is 15.9 Å². The van der Waals surface area contributed by atoms with E-state index in [-0.39, 0.29) is 11.9 Å². The summed E-state index contributed by atoms with van der Waals surface area (Å²) in [5.74, 6) is -0.00596. The summed E-state index contributed by atoms with van der Waals surface area (Å²) in [4.78, 5) is 11.1. The molecular weight excluding hydrogens is 446 g/mol. The Kier molecular flexibility index (Phi) is 7.20. The van der Waals surface area contributed by atoms with Crippen LogP contribution < -0.4 is 0 Å². The quantitative estimate of drug-likeness (QED) is 0.294. The van der Waals surface area contributed by atoms with Crippen molar-refractivity contribution in [1.29, 1.82) is 0 Å². The van der Waals surface area contributed by atoms with E-state index in [9.17, 15) is 4.79 Å². The summed E-state index contributed by atoms with van der Waals surface area (Å²) in [7, 11) is 0. The topological polar surface area (TPSA) is 29.6 Å². The molecule has 0 unspecified atom stereocenters. The van der Waals surface area contributed by atoms with Gasteiger partial charge in [-0.15, -0.1) is 0 Å². The monoisotopic (exact) mass is 454 g/mol. The molecule has 0 aromatic heterocycles. The largest absolute Gasteiger partial charge is 0.368 e. The predicted octanol–water partition coefficient (Wildman–Crippen LogP) is 6.64. The predicted molar refractivity (Wildman–Crippen MR) is 99.7 cm³/mol. The number of rotatable bonds is 3. The molecular formula is C16H11BrCl4O2. The molecule has 2 nitrogen and oxygen atoms in total. The highest BCUT2D eigenvalue weighted by atomic mass is 79.9. The van der Waals surface area contributed by atoms with Crippen molar-refractivity contribution in [3.63, 3.8) is 0 Å². The fourth-order valence-corrected chi connectivity index (χ4v) is 2.63. The molecule has 1 atom stereocenters. The third-order valence-corrected chi connectivity index (χ3v) is 5.00. The van der Waals surface area contributed by atoms with Gasteiger partial charge in [0, 0.05) is 5.56 Å². The summed E-state index contributed by atoms with van der Waals surface area (Å²) in [6, 6.07) is 10.4. The third kappa shape index (κ3) is 5.63. The summed E-state index contributed by atoms with van der Waals surface area (Å²) in [5, 5.41) is 2.35. The minimum Gasteiger partial charge on any atom is -0.368 e. The lowest BCUT2D eigenvalue weighted by atomic mass is 10.1. The van der Waals surface area contributed by atoms with Crippen LogP contribution in [0.3, 0.4) is 0 Å². The van der Waals surface area contributed by atoms with Gasteiger partial charge in [-0.3, -0.25) is 4.79 Å². The van der Waals surface area contributed by atoms with Gasteiger partial charge in [0.05, 0.1) is 32.0 Å². The van der Waals surface area contributed by atoms with Crippen LogP contribution in [0.2, 0.25) is 20.1 Å². The van der Waals surface area contributed by atoms with Crippen molar-refractivity contribution in [3.05, 3.63) is 67.6 Å². The van der Waals surface area contributed by atoms with Gasteiger partial charge in [0.1, 0.15) is 6.10 Å². The lowest BCUT2D eigenvalue weighted by Gasteiger charge is -1.98. The molecule has 7 heteroatoms. The van der Waals surface area contributed by atoms with Crippen LogP contribution in [0.15, 0.2) is 36.4 Å². The second-order valence-corrected chi connectivity index (χ2v) is 6.87. The Labute approximate surface area is 162 Å². The van der Waals surface area contributed by atoms with E-state index < -0.39 is 0 Å². The molecule has 23 heavy (non-hydrogen) atoms. The highest BCUT2D eigenvalue weighted by Gasteiger charge is 2.24. The Balaban J connectivity index is 0.000000167. The summed E-state index contributed by atoms with van der Waals surface area (Å²) >= 11 is 26.0. The van der Waals surface area contributed by atoms with Gasteiger partial charge in [0.2, 0.25) is 0 Å². The molecule has 0 N–H and O–H groups in total. The van der Waals surface area contributed by atoms with E-state index in [0.717, 1.165) is 12.2 Å². The molecule has 3 rings (SSSR count). The molecule has 1 saturated heterocycles. The van der Waals surface area contributed by atoms with E-state index in [1.165, 1.54) is 0 Å². The van der Waals surface area contributed by atoms with E-state index >= 15 is 0 Å². The standard InChI is InChI=1S/C8H5BrCl2O.C8H6Cl2O/c9-4-8(12)5-1-2-6(10)7(11)3-5;9-6-2-1-5(3-7(6)10)8-4-11-8/h1-3H,4H2;1-3,8H,4H2/t;8-/m.0/s1. The van der Waals surface area contributed by atoms with E-state index in [1.54, 1.807) is 24.3 Å². The van der Waals surface area contributed by atoms with Crippen LogP contribution in [0.1, 0.15) is 22.0 Å². The SMILES string of the molecule is Clc1ccc([C@@H]2CO2)cc1Cl.O=C(CBr)c1ccc(Cl)c(Cl)c1.